The van der Waals surface area contributed by atoms with Crippen LogP contribution in [0.4, 0.5) is 0 Å². The van der Waals surface area contributed by atoms with Crippen LogP contribution in [0.15, 0.2) is 46.1 Å². The summed E-state index contributed by atoms with van der Waals surface area (Å²) in [6.45, 7) is 1.72. The van der Waals surface area contributed by atoms with Crippen molar-refractivity contribution in [3.05, 3.63) is 58.5 Å². The maximum Gasteiger partial charge on any atom is 0.274 e. The molecule has 5 heteroatoms. The number of rotatable bonds is 3. The van der Waals surface area contributed by atoms with Gasteiger partial charge in [0, 0.05) is 5.02 Å². The second-order valence-electron chi connectivity index (χ2n) is 3.64. The van der Waals surface area contributed by atoms with Gasteiger partial charge in [-0.25, -0.2) is 5.43 Å². The predicted molar refractivity (Wildman–Crippen MR) is 70.0 cm³/mol. The van der Waals surface area contributed by atoms with E-state index in [1.807, 2.05) is 12.1 Å². The fourth-order valence-corrected chi connectivity index (χ4v) is 1.63. The Morgan fingerprint density at radius 2 is 2.28 bits per heavy atom. The first-order valence-corrected chi connectivity index (χ1v) is 5.67. The number of hydrogen-bond donors (Lipinski definition) is 1. The molecule has 1 N–H and O–H groups in total. The summed E-state index contributed by atoms with van der Waals surface area (Å²) >= 11 is 5.83. The van der Waals surface area contributed by atoms with Gasteiger partial charge in [0.2, 0.25) is 0 Å². The van der Waals surface area contributed by atoms with Gasteiger partial charge in [-0.05, 0) is 30.7 Å². The quantitative estimate of drug-likeness (QED) is 0.683. The van der Waals surface area contributed by atoms with E-state index in [4.69, 9.17) is 16.0 Å². The molecule has 2 rings (SSSR count). The summed E-state index contributed by atoms with van der Waals surface area (Å²) in [4.78, 5) is 11.7. The lowest BCUT2D eigenvalue weighted by atomic mass is 10.2. The standard InChI is InChI=1S/C13H11ClN2O2/c1-9-12(5-6-18-9)13(17)16-15-8-10-3-2-4-11(14)7-10/h2-8H,1H3,(H,16,17)/b15-8+. The van der Waals surface area contributed by atoms with Crippen LogP contribution in [0, 0.1) is 6.92 Å². The molecule has 0 radical (unpaired) electrons. The predicted octanol–water partition coefficient (Wildman–Crippen LogP) is 3.01. The molecule has 0 saturated heterocycles. The topological polar surface area (TPSA) is 54.6 Å². The van der Waals surface area contributed by atoms with Gasteiger partial charge in [-0.2, -0.15) is 5.10 Å². The van der Waals surface area contributed by atoms with E-state index in [1.54, 1.807) is 25.1 Å². The highest BCUT2D eigenvalue weighted by atomic mass is 35.5. The number of carbonyl (C=O) groups is 1. The van der Waals surface area contributed by atoms with Crippen LogP contribution in [-0.2, 0) is 0 Å². The van der Waals surface area contributed by atoms with Crippen LogP contribution in [-0.4, -0.2) is 12.1 Å². The Hall–Kier alpha value is -2.07. The maximum absolute atomic E-state index is 11.7. The molecule has 0 bridgehead atoms. The van der Waals surface area contributed by atoms with Crippen LogP contribution in [0.1, 0.15) is 21.7 Å². The summed E-state index contributed by atoms with van der Waals surface area (Å²) < 4.78 is 5.04. The number of nitrogens with one attached hydrogen (secondary N) is 1. The molecule has 0 spiro atoms. The van der Waals surface area contributed by atoms with Crippen LogP contribution in [0.5, 0.6) is 0 Å². The van der Waals surface area contributed by atoms with E-state index in [9.17, 15) is 4.79 Å². The summed E-state index contributed by atoms with van der Waals surface area (Å²) in [5.41, 5.74) is 3.70. The molecule has 0 unspecified atom stereocenters. The summed E-state index contributed by atoms with van der Waals surface area (Å²) in [6.07, 6.45) is 2.99. The Balaban J connectivity index is 2.00. The van der Waals surface area contributed by atoms with E-state index in [2.05, 4.69) is 10.5 Å². The van der Waals surface area contributed by atoms with Gasteiger partial charge in [-0.3, -0.25) is 4.79 Å². The van der Waals surface area contributed by atoms with Crippen molar-refractivity contribution < 1.29 is 9.21 Å². The lowest BCUT2D eigenvalue weighted by molar-refractivity contribution is 0.0953. The highest BCUT2D eigenvalue weighted by Gasteiger charge is 2.09. The van der Waals surface area contributed by atoms with Gasteiger partial charge in [-0.15, -0.1) is 0 Å². The zero-order chi connectivity index (χ0) is 13.0. The average Bonchev–Trinajstić information content (AvgIpc) is 2.75. The van der Waals surface area contributed by atoms with Crippen molar-refractivity contribution in [2.75, 3.05) is 0 Å². The van der Waals surface area contributed by atoms with Crippen LogP contribution in [0.25, 0.3) is 0 Å². The molecule has 1 aromatic heterocycles. The first-order chi connectivity index (χ1) is 8.66. The Morgan fingerprint density at radius 1 is 1.44 bits per heavy atom. The van der Waals surface area contributed by atoms with E-state index in [0.717, 1.165) is 5.56 Å². The van der Waals surface area contributed by atoms with Gasteiger partial charge < -0.3 is 4.42 Å². The van der Waals surface area contributed by atoms with E-state index in [0.29, 0.717) is 16.3 Å². The number of amides is 1. The molecule has 1 amide bonds. The van der Waals surface area contributed by atoms with Crippen LogP contribution < -0.4 is 5.43 Å². The summed E-state index contributed by atoms with van der Waals surface area (Å²) in [5.74, 6) is 0.255. The van der Waals surface area contributed by atoms with E-state index < -0.39 is 0 Å². The molecule has 92 valence electrons. The molecular weight excluding hydrogens is 252 g/mol. The Kier molecular flexibility index (Phi) is 3.79. The number of halogens is 1. The highest BCUT2D eigenvalue weighted by molar-refractivity contribution is 6.30. The molecule has 0 atom stereocenters. The van der Waals surface area contributed by atoms with Crippen molar-refractivity contribution >= 4 is 23.7 Å². The molecule has 0 fully saturated rings. The van der Waals surface area contributed by atoms with Gasteiger partial charge in [-0.1, -0.05) is 23.7 Å². The van der Waals surface area contributed by atoms with Gasteiger partial charge in [0.15, 0.2) is 0 Å². The van der Waals surface area contributed by atoms with Gasteiger partial charge in [0.1, 0.15) is 5.76 Å². The van der Waals surface area contributed by atoms with Gasteiger partial charge in [0.05, 0.1) is 18.0 Å². The molecule has 0 aliphatic rings. The zero-order valence-corrected chi connectivity index (χ0v) is 10.4. The van der Waals surface area contributed by atoms with Crippen LogP contribution in [0.3, 0.4) is 0 Å². The second kappa shape index (κ2) is 5.51. The SMILES string of the molecule is Cc1occc1C(=O)N/N=C/c1cccc(Cl)c1. The number of hydrazone groups is 1. The van der Waals surface area contributed by atoms with Crippen molar-refractivity contribution in [1.29, 1.82) is 0 Å². The van der Waals surface area contributed by atoms with Crippen molar-refractivity contribution in [2.24, 2.45) is 5.10 Å². The smallest absolute Gasteiger partial charge is 0.274 e. The highest BCUT2D eigenvalue weighted by Crippen LogP contribution is 2.09. The first-order valence-electron chi connectivity index (χ1n) is 5.30. The first kappa shape index (κ1) is 12.4. The number of furan rings is 1. The second-order valence-corrected chi connectivity index (χ2v) is 4.08. The minimum atomic E-state index is -0.306. The number of nitrogens with zero attached hydrogens (tertiary/aromatic N) is 1. The Bertz CT molecular complexity index is 590. The molecule has 0 aliphatic carbocycles. The summed E-state index contributed by atoms with van der Waals surface area (Å²) in [7, 11) is 0. The zero-order valence-electron chi connectivity index (χ0n) is 9.68. The number of hydrogen-bond acceptors (Lipinski definition) is 3. The van der Waals surface area contributed by atoms with Gasteiger partial charge >= 0.3 is 0 Å². The maximum atomic E-state index is 11.7. The molecule has 1 aromatic carbocycles. The summed E-state index contributed by atoms with van der Waals surface area (Å²) in [5, 5.41) is 4.48. The minimum Gasteiger partial charge on any atom is -0.469 e. The fraction of sp³-hybridized carbons (Fsp3) is 0.0769. The number of carbonyl (C=O) groups excluding carboxylic acids is 1. The molecule has 4 nitrogen and oxygen atoms in total. The summed E-state index contributed by atoms with van der Waals surface area (Å²) in [6, 6.07) is 8.77. The molecule has 18 heavy (non-hydrogen) atoms. The molecular formula is C13H11ClN2O2. The molecule has 0 aliphatic heterocycles. The van der Waals surface area contributed by atoms with Crippen molar-refractivity contribution in [1.82, 2.24) is 5.43 Å². The number of aryl methyl sites for hydroxylation is 1. The normalized spacial score (nSPS) is 10.8. The monoisotopic (exact) mass is 262 g/mol. The van der Waals surface area contributed by atoms with E-state index >= 15 is 0 Å². The van der Waals surface area contributed by atoms with Crippen molar-refractivity contribution in [3.63, 3.8) is 0 Å². The van der Waals surface area contributed by atoms with Gasteiger partial charge in [0.25, 0.3) is 5.91 Å². The fourth-order valence-electron chi connectivity index (χ4n) is 1.43. The number of benzene rings is 1. The van der Waals surface area contributed by atoms with E-state index in [1.165, 1.54) is 12.5 Å². The van der Waals surface area contributed by atoms with Crippen molar-refractivity contribution in [2.45, 2.75) is 6.92 Å². The van der Waals surface area contributed by atoms with Crippen LogP contribution >= 0.6 is 11.6 Å². The third-order valence-electron chi connectivity index (χ3n) is 2.33. The van der Waals surface area contributed by atoms with Crippen molar-refractivity contribution in [3.8, 4) is 0 Å². The Labute approximate surface area is 109 Å². The van der Waals surface area contributed by atoms with Crippen LogP contribution in [0.2, 0.25) is 5.02 Å². The Morgan fingerprint density at radius 3 is 2.94 bits per heavy atom. The third kappa shape index (κ3) is 2.99. The largest absolute Gasteiger partial charge is 0.469 e. The average molecular weight is 263 g/mol. The lowest BCUT2D eigenvalue weighted by Gasteiger charge is -1.97. The molecule has 2 aromatic rings. The minimum absolute atomic E-state index is 0.306. The van der Waals surface area contributed by atoms with E-state index in [-0.39, 0.29) is 5.91 Å². The lowest BCUT2D eigenvalue weighted by Crippen LogP contribution is -2.17. The molecule has 0 saturated carbocycles. The molecule has 1 heterocycles. The third-order valence-corrected chi connectivity index (χ3v) is 2.57.